The fraction of sp³-hybridized carbons (Fsp3) is 0.500. The molecular formula is C16H18N4O2. The van der Waals surface area contributed by atoms with Crippen molar-refractivity contribution in [3.05, 3.63) is 30.1 Å². The second-order valence-electron chi connectivity index (χ2n) is 6.31. The molecule has 1 aromatic rings. The van der Waals surface area contributed by atoms with Crippen molar-refractivity contribution < 1.29 is 9.59 Å². The van der Waals surface area contributed by atoms with Crippen LogP contribution in [0.1, 0.15) is 31.9 Å². The molecule has 22 heavy (non-hydrogen) atoms. The van der Waals surface area contributed by atoms with Crippen LogP contribution in [0, 0.1) is 16.7 Å². The lowest BCUT2D eigenvalue weighted by Crippen LogP contribution is -2.60. The summed E-state index contributed by atoms with van der Waals surface area (Å²) < 4.78 is 0. The van der Waals surface area contributed by atoms with Crippen LogP contribution in [0.15, 0.2) is 24.5 Å². The van der Waals surface area contributed by atoms with Crippen LogP contribution in [0.3, 0.4) is 0 Å². The molecule has 0 N–H and O–H groups in total. The number of hydrogen-bond acceptors (Lipinski definition) is 4. The highest BCUT2D eigenvalue weighted by atomic mass is 16.2. The van der Waals surface area contributed by atoms with Crippen molar-refractivity contribution in [1.29, 1.82) is 5.26 Å². The van der Waals surface area contributed by atoms with Crippen molar-refractivity contribution in [1.82, 2.24) is 14.8 Å². The highest BCUT2D eigenvalue weighted by Gasteiger charge is 2.58. The molecule has 6 nitrogen and oxygen atoms in total. The number of nitrogens with zero attached hydrogens (tertiary/aromatic N) is 4. The van der Waals surface area contributed by atoms with Crippen LogP contribution in [0.4, 0.5) is 0 Å². The van der Waals surface area contributed by atoms with E-state index >= 15 is 0 Å². The van der Waals surface area contributed by atoms with Gasteiger partial charge in [0.25, 0.3) is 0 Å². The molecule has 6 heteroatoms. The predicted octanol–water partition coefficient (Wildman–Crippen LogP) is 1.11. The van der Waals surface area contributed by atoms with Crippen molar-refractivity contribution in [2.45, 2.75) is 38.4 Å². The SMILES string of the molecule is CC1C(=O)N2[C@@H](C[C@@](C)(C#N)[C@H]2c2cccnc2)C(=O)N1C. The van der Waals surface area contributed by atoms with Gasteiger partial charge in [-0.1, -0.05) is 6.07 Å². The molecule has 3 heterocycles. The van der Waals surface area contributed by atoms with Crippen LogP contribution in [-0.2, 0) is 9.59 Å². The average molecular weight is 298 g/mol. The normalized spacial score (nSPS) is 34.5. The molecule has 0 bridgehead atoms. The molecule has 0 aliphatic carbocycles. The first-order valence-electron chi connectivity index (χ1n) is 7.31. The summed E-state index contributed by atoms with van der Waals surface area (Å²) in [6.45, 7) is 3.53. The molecule has 1 aromatic heterocycles. The van der Waals surface area contributed by atoms with Crippen LogP contribution in [0.5, 0.6) is 0 Å². The van der Waals surface area contributed by atoms with Crippen molar-refractivity contribution in [2.75, 3.05) is 7.05 Å². The summed E-state index contributed by atoms with van der Waals surface area (Å²) in [5, 5.41) is 9.68. The molecule has 1 unspecified atom stereocenters. The van der Waals surface area contributed by atoms with Gasteiger partial charge in [0.05, 0.1) is 17.5 Å². The Morgan fingerprint density at radius 1 is 1.41 bits per heavy atom. The summed E-state index contributed by atoms with van der Waals surface area (Å²) in [7, 11) is 1.64. The number of aromatic nitrogens is 1. The van der Waals surface area contributed by atoms with Gasteiger partial charge in [0.15, 0.2) is 0 Å². The Kier molecular flexibility index (Phi) is 3.17. The topological polar surface area (TPSA) is 77.3 Å². The number of fused-ring (bicyclic) bond motifs is 1. The summed E-state index contributed by atoms with van der Waals surface area (Å²) in [5.41, 5.74) is -0.00356. The molecule has 2 fully saturated rings. The third kappa shape index (κ3) is 1.82. The number of piperazine rings is 1. The van der Waals surface area contributed by atoms with Crippen molar-refractivity contribution >= 4 is 11.8 Å². The standard InChI is InChI=1S/C16H18N4O2/c1-10-14(21)20-12(15(22)19(10)3)7-16(2,9-17)13(20)11-5-4-6-18-8-11/h4-6,8,10,12-13H,7H2,1-3H3/t10?,12-,13+,16-/m0/s1. The summed E-state index contributed by atoms with van der Waals surface area (Å²) in [6, 6.07) is 4.45. The molecule has 2 aliphatic rings. The minimum absolute atomic E-state index is 0.0973. The zero-order chi connectivity index (χ0) is 16.1. The Morgan fingerprint density at radius 2 is 2.14 bits per heavy atom. The van der Waals surface area contributed by atoms with E-state index in [1.807, 2.05) is 13.0 Å². The summed E-state index contributed by atoms with van der Waals surface area (Å²) in [6.07, 6.45) is 3.67. The van der Waals surface area contributed by atoms with E-state index in [0.29, 0.717) is 6.42 Å². The van der Waals surface area contributed by atoms with Gasteiger partial charge < -0.3 is 9.80 Å². The largest absolute Gasteiger partial charge is 0.332 e. The molecule has 0 aromatic carbocycles. The third-order valence-electron chi connectivity index (χ3n) is 4.92. The number of nitriles is 1. The van der Waals surface area contributed by atoms with Crippen LogP contribution < -0.4 is 0 Å². The van der Waals surface area contributed by atoms with Gasteiger partial charge in [-0.2, -0.15) is 5.26 Å². The average Bonchev–Trinajstić information content (AvgIpc) is 2.86. The summed E-state index contributed by atoms with van der Waals surface area (Å²) in [5.74, 6) is -0.208. The summed E-state index contributed by atoms with van der Waals surface area (Å²) in [4.78, 5) is 32.5. The Balaban J connectivity index is 2.13. The number of likely N-dealkylation sites (N-methyl/N-ethyl adjacent to an activating group) is 1. The van der Waals surface area contributed by atoms with Gasteiger partial charge in [-0.3, -0.25) is 14.6 Å². The Labute approximate surface area is 129 Å². The van der Waals surface area contributed by atoms with Gasteiger partial charge in [-0.25, -0.2) is 0 Å². The maximum absolute atomic E-state index is 12.8. The van der Waals surface area contributed by atoms with Crippen LogP contribution >= 0.6 is 0 Å². The van der Waals surface area contributed by atoms with E-state index in [4.69, 9.17) is 0 Å². The number of carbonyl (C=O) groups excluding carboxylic acids is 2. The maximum atomic E-state index is 12.8. The van der Waals surface area contributed by atoms with Crippen LogP contribution in [-0.4, -0.2) is 45.7 Å². The molecule has 114 valence electrons. The maximum Gasteiger partial charge on any atom is 0.246 e. The lowest BCUT2D eigenvalue weighted by molar-refractivity contribution is -0.159. The van der Waals surface area contributed by atoms with E-state index in [9.17, 15) is 14.9 Å². The van der Waals surface area contributed by atoms with Gasteiger partial charge in [-0.15, -0.1) is 0 Å². The number of rotatable bonds is 1. The second kappa shape index (κ2) is 4.80. The fourth-order valence-electron chi connectivity index (χ4n) is 3.57. The van der Waals surface area contributed by atoms with Crippen LogP contribution in [0.25, 0.3) is 0 Å². The monoisotopic (exact) mass is 298 g/mol. The number of amides is 2. The Hall–Kier alpha value is -2.42. The Bertz CT molecular complexity index is 668. The second-order valence-corrected chi connectivity index (χ2v) is 6.31. The highest BCUT2D eigenvalue weighted by Crippen LogP contribution is 2.51. The van der Waals surface area contributed by atoms with Crippen molar-refractivity contribution in [2.24, 2.45) is 5.41 Å². The van der Waals surface area contributed by atoms with Gasteiger partial charge in [-0.05, 0) is 31.9 Å². The fourth-order valence-corrected chi connectivity index (χ4v) is 3.57. The first-order valence-corrected chi connectivity index (χ1v) is 7.31. The first kappa shape index (κ1) is 14.5. The van der Waals surface area contributed by atoms with E-state index in [-0.39, 0.29) is 11.8 Å². The van der Waals surface area contributed by atoms with Crippen molar-refractivity contribution in [3.63, 3.8) is 0 Å². The smallest absolute Gasteiger partial charge is 0.246 e. The van der Waals surface area contributed by atoms with E-state index in [1.54, 1.807) is 37.3 Å². The number of carbonyl (C=O) groups is 2. The molecule has 3 rings (SSSR count). The van der Waals surface area contributed by atoms with Gasteiger partial charge in [0.1, 0.15) is 12.1 Å². The first-order chi connectivity index (χ1) is 10.4. The quantitative estimate of drug-likeness (QED) is 0.778. The minimum Gasteiger partial charge on any atom is -0.332 e. The molecule has 0 saturated carbocycles. The number of pyridine rings is 1. The zero-order valence-corrected chi connectivity index (χ0v) is 12.9. The lowest BCUT2D eigenvalue weighted by Gasteiger charge is -2.41. The molecule has 0 radical (unpaired) electrons. The zero-order valence-electron chi connectivity index (χ0n) is 12.9. The molecule has 2 aliphatic heterocycles. The predicted molar refractivity (Wildman–Crippen MR) is 78.2 cm³/mol. The summed E-state index contributed by atoms with van der Waals surface area (Å²) >= 11 is 0. The van der Waals surface area contributed by atoms with E-state index < -0.39 is 23.5 Å². The van der Waals surface area contributed by atoms with E-state index in [2.05, 4.69) is 11.1 Å². The molecule has 2 amide bonds. The van der Waals surface area contributed by atoms with E-state index in [0.717, 1.165) is 5.56 Å². The lowest BCUT2D eigenvalue weighted by atomic mass is 9.80. The van der Waals surface area contributed by atoms with Crippen LogP contribution in [0.2, 0.25) is 0 Å². The molecule has 2 saturated heterocycles. The van der Waals surface area contributed by atoms with Gasteiger partial charge in [0.2, 0.25) is 11.8 Å². The molecule has 0 spiro atoms. The third-order valence-corrected chi connectivity index (χ3v) is 4.92. The Morgan fingerprint density at radius 3 is 2.73 bits per heavy atom. The minimum atomic E-state index is -0.802. The van der Waals surface area contributed by atoms with Crippen molar-refractivity contribution in [3.8, 4) is 6.07 Å². The van der Waals surface area contributed by atoms with Gasteiger partial charge >= 0.3 is 0 Å². The highest BCUT2D eigenvalue weighted by molar-refractivity contribution is 5.97. The van der Waals surface area contributed by atoms with Gasteiger partial charge in [0, 0.05) is 19.4 Å². The van der Waals surface area contributed by atoms with E-state index in [1.165, 1.54) is 4.90 Å². The number of hydrogen-bond donors (Lipinski definition) is 0. The molecular weight excluding hydrogens is 280 g/mol. The molecule has 4 atom stereocenters.